The number of methoxy groups -OCH3 is 1. The summed E-state index contributed by atoms with van der Waals surface area (Å²) in [6.07, 6.45) is 0. The molecule has 1 saturated heterocycles. The van der Waals surface area contributed by atoms with Gasteiger partial charge in [-0.1, -0.05) is 18.2 Å². The first-order chi connectivity index (χ1) is 14.0. The van der Waals surface area contributed by atoms with E-state index in [1.807, 2.05) is 29.2 Å². The highest BCUT2D eigenvalue weighted by Crippen LogP contribution is 2.47. The highest BCUT2D eigenvalue weighted by molar-refractivity contribution is 5.77. The van der Waals surface area contributed by atoms with Crippen molar-refractivity contribution in [2.24, 2.45) is 11.7 Å². The molecule has 1 fully saturated rings. The van der Waals surface area contributed by atoms with Crippen molar-refractivity contribution in [3.8, 4) is 17.2 Å². The van der Waals surface area contributed by atoms with Gasteiger partial charge >= 0.3 is 5.97 Å². The zero-order chi connectivity index (χ0) is 20.5. The number of primary amides is 1. The minimum Gasteiger partial charge on any atom is -0.497 e. The summed E-state index contributed by atoms with van der Waals surface area (Å²) < 4.78 is 16.0. The van der Waals surface area contributed by atoms with Crippen molar-refractivity contribution in [1.29, 1.82) is 0 Å². The van der Waals surface area contributed by atoms with E-state index in [1.54, 1.807) is 25.3 Å². The molecule has 0 bridgehead atoms. The van der Waals surface area contributed by atoms with Gasteiger partial charge in [-0.3, -0.25) is 14.5 Å². The second kappa shape index (κ2) is 7.63. The van der Waals surface area contributed by atoms with E-state index in [0.29, 0.717) is 23.8 Å². The fourth-order valence-electron chi connectivity index (χ4n) is 4.27. The molecule has 2 aliphatic heterocycles. The van der Waals surface area contributed by atoms with Gasteiger partial charge in [-0.05, 0) is 35.4 Å². The number of nitrogens with two attached hydrogens (primary N) is 1. The molecule has 29 heavy (non-hydrogen) atoms. The van der Waals surface area contributed by atoms with Crippen molar-refractivity contribution < 1.29 is 28.9 Å². The molecule has 2 aromatic carbocycles. The van der Waals surface area contributed by atoms with E-state index in [1.165, 1.54) is 0 Å². The maximum atomic E-state index is 12.3. The first-order valence-corrected chi connectivity index (χ1v) is 9.26. The number of rotatable bonds is 6. The number of likely N-dealkylation sites (tertiary alicyclic amines) is 1. The Balaban J connectivity index is 1.74. The summed E-state index contributed by atoms with van der Waals surface area (Å²) in [5, 5.41) is 10.1. The Labute approximate surface area is 167 Å². The highest BCUT2D eigenvalue weighted by atomic mass is 16.7. The van der Waals surface area contributed by atoms with Crippen LogP contribution in [0, 0.1) is 5.92 Å². The van der Waals surface area contributed by atoms with Crippen LogP contribution >= 0.6 is 0 Å². The molecule has 3 atom stereocenters. The Bertz CT molecular complexity index is 929. The summed E-state index contributed by atoms with van der Waals surface area (Å²) in [4.78, 5) is 25.8. The van der Waals surface area contributed by atoms with Gasteiger partial charge in [0.2, 0.25) is 12.7 Å². The average Bonchev–Trinajstić information content (AvgIpc) is 3.31. The Morgan fingerprint density at radius 1 is 1.14 bits per heavy atom. The summed E-state index contributed by atoms with van der Waals surface area (Å²) in [5.41, 5.74) is 7.07. The van der Waals surface area contributed by atoms with E-state index in [-0.39, 0.29) is 19.3 Å². The van der Waals surface area contributed by atoms with Crippen molar-refractivity contribution in [3.63, 3.8) is 0 Å². The van der Waals surface area contributed by atoms with Crippen LogP contribution in [-0.4, -0.2) is 48.9 Å². The summed E-state index contributed by atoms with van der Waals surface area (Å²) in [5.74, 6) is -0.622. The fraction of sp³-hybridized carbons (Fsp3) is 0.333. The predicted octanol–water partition coefficient (Wildman–Crippen LogP) is 1.75. The number of carbonyl (C=O) groups is 2. The highest BCUT2D eigenvalue weighted by Gasteiger charge is 2.47. The SMILES string of the molecule is COc1ccc([C@@H]2[C@@H](C(=O)O)[C@H](c3ccc4c(c3)OCO4)CN2CC(N)=O)cc1. The molecule has 2 aliphatic rings. The minimum atomic E-state index is -0.930. The Hall–Kier alpha value is -3.26. The van der Waals surface area contributed by atoms with Gasteiger partial charge in [-0.15, -0.1) is 0 Å². The number of aliphatic carboxylic acids is 1. The Morgan fingerprint density at radius 3 is 2.48 bits per heavy atom. The van der Waals surface area contributed by atoms with Crippen molar-refractivity contribution in [2.45, 2.75) is 12.0 Å². The first-order valence-electron chi connectivity index (χ1n) is 9.26. The van der Waals surface area contributed by atoms with E-state index in [4.69, 9.17) is 19.9 Å². The van der Waals surface area contributed by atoms with E-state index in [9.17, 15) is 14.7 Å². The maximum absolute atomic E-state index is 12.3. The largest absolute Gasteiger partial charge is 0.497 e. The van der Waals surface area contributed by atoms with Gasteiger partial charge in [0.05, 0.1) is 19.6 Å². The summed E-state index contributed by atoms with van der Waals surface area (Å²) >= 11 is 0. The van der Waals surface area contributed by atoms with Gasteiger partial charge in [0, 0.05) is 18.5 Å². The van der Waals surface area contributed by atoms with Crippen LogP contribution in [0.15, 0.2) is 42.5 Å². The summed E-state index contributed by atoms with van der Waals surface area (Å²) in [6, 6.07) is 12.2. The van der Waals surface area contributed by atoms with Crippen molar-refractivity contribution >= 4 is 11.9 Å². The standard InChI is InChI=1S/C21H22N2O6/c1-27-14-5-2-12(3-6-14)20-19(21(25)26)15(9-23(20)10-18(22)24)13-4-7-16-17(8-13)29-11-28-16/h2-8,15,19-20H,9-11H2,1H3,(H2,22,24)(H,25,26)/t15-,19-,20+/m0/s1. The van der Waals surface area contributed by atoms with Crippen LogP contribution in [0.2, 0.25) is 0 Å². The molecule has 152 valence electrons. The number of amides is 1. The van der Waals surface area contributed by atoms with Gasteiger partial charge in [0.15, 0.2) is 11.5 Å². The molecule has 8 nitrogen and oxygen atoms in total. The molecule has 0 aromatic heterocycles. The lowest BCUT2D eigenvalue weighted by Gasteiger charge is -2.26. The number of ether oxygens (including phenoxy) is 3. The predicted molar refractivity (Wildman–Crippen MR) is 103 cm³/mol. The number of carboxylic acids is 1. The quantitative estimate of drug-likeness (QED) is 0.762. The molecule has 0 spiro atoms. The van der Waals surface area contributed by atoms with Gasteiger partial charge in [0.25, 0.3) is 0 Å². The normalized spacial score (nSPS) is 23.1. The first kappa shape index (κ1) is 19.1. The fourth-order valence-corrected chi connectivity index (χ4v) is 4.27. The Kier molecular flexibility index (Phi) is 5.02. The molecule has 8 heteroatoms. The van der Waals surface area contributed by atoms with Gasteiger partial charge in [-0.2, -0.15) is 0 Å². The van der Waals surface area contributed by atoms with Gasteiger partial charge in [0.1, 0.15) is 5.75 Å². The van der Waals surface area contributed by atoms with E-state index in [2.05, 4.69) is 0 Å². The summed E-state index contributed by atoms with van der Waals surface area (Å²) in [7, 11) is 1.57. The molecular formula is C21H22N2O6. The monoisotopic (exact) mass is 398 g/mol. The molecule has 0 saturated carbocycles. The third-order valence-corrected chi connectivity index (χ3v) is 5.52. The third-order valence-electron chi connectivity index (χ3n) is 5.52. The number of hydrogen-bond acceptors (Lipinski definition) is 6. The molecule has 2 heterocycles. The Morgan fingerprint density at radius 2 is 1.83 bits per heavy atom. The van der Waals surface area contributed by atoms with Crippen LogP contribution in [0.25, 0.3) is 0 Å². The molecule has 0 unspecified atom stereocenters. The van der Waals surface area contributed by atoms with Crippen LogP contribution in [0.3, 0.4) is 0 Å². The summed E-state index contributed by atoms with van der Waals surface area (Å²) in [6.45, 7) is 0.506. The van der Waals surface area contributed by atoms with Crippen LogP contribution in [-0.2, 0) is 9.59 Å². The zero-order valence-electron chi connectivity index (χ0n) is 15.9. The number of benzene rings is 2. The molecule has 1 amide bonds. The third kappa shape index (κ3) is 3.58. The lowest BCUT2D eigenvalue weighted by atomic mass is 9.82. The molecule has 3 N–H and O–H groups in total. The number of hydrogen-bond donors (Lipinski definition) is 2. The van der Waals surface area contributed by atoms with Crippen LogP contribution < -0.4 is 19.9 Å². The zero-order valence-corrected chi connectivity index (χ0v) is 15.9. The van der Waals surface area contributed by atoms with Crippen LogP contribution in [0.1, 0.15) is 23.1 Å². The van der Waals surface area contributed by atoms with Gasteiger partial charge in [-0.25, -0.2) is 0 Å². The molecule has 0 radical (unpaired) electrons. The van der Waals surface area contributed by atoms with E-state index >= 15 is 0 Å². The molecule has 2 aromatic rings. The van der Waals surface area contributed by atoms with Crippen LogP contribution in [0.4, 0.5) is 0 Å². The number of nitrogens with zero attached hydrogens (tertiary/aromatic N) is 1. The number of carboxylic acid groups (broad SMARTS) is 1. The lowest BCUT2D eigenvalue weighted by Crippen LogP contribution is -2.35. The van der Waals surface area contributed by atoms with Gasteiger partial charge < -0.3 is 25.1 Å². The second-order valence-electron chi connectivity index (χ2n) is 7.20. The van der Waals surface area contributed by atoms with Crippen LogP contribution in [0.5, 0.6) is 17.2 Å². The number of carbonyl (C=O) groups excluding carboxylic acids is 1. The van der Waals surface area contributed by atoms with Crippen molar-refractivity contribution in [3.05, 3.63) is 53.6 Å². The smallest absolute Gasteiger partial charge is 0.309 e. The lowest BCUT2D eigenvalue weighted by molar-refractivity contribution is -0.143. The van der Waals surface area contributed by atoms with E-state index < -0.39 is 23.8 Å². The van der Waals surface area contributed by atoms with Crippen molar-refractivity contribution in [2.75, 3.05) is 27.0 Å². The second-order valence-corrected chi connectivity index (χ2v) is 7.20. The van der Waals surface area contributed by atoms with E-state index in [0.717, 1.165) is 11.1 Å². The number of fused-ring (bicyclic) bond motifs is 1. The van der Waals surface area contributed by atoms with Crippen molar-refractivity contribution in [1.82, 2.24) is 4.90 Å². The topological polar surface area (TPSA) is 111 Å². The molecule has 4 rings (SSSR count). The maximum Gasteiger partial charge on any atom is 0.309 e. The molecular weight excluding hydrogens is 376 g/mol. The molecule has 0 aliphatic carbocycles. The minimum absolute atomic E-state index is 0.0263. The average molecular weight is 398 g/mol.